The standard InChI is InChI=1S/C10H15Br2N3O2/c11-9-13-10(12,15-14-9)5-3-7-17-8-4-1-2-6-16-8/h8H,1-7H2/t8-,10?/m0/s1. The lowest BCUT2D eigenvalue weighted by Gasteiger charge is -2.23. The summed E-state index contributed by atoms with van der Waals surface area (Å²) in [5.41, 5.74) is 0. The number of alkyl halides is 1. The van der Waals surface area contributed by atoms with Gasteiger partial charge in [-0.1, -0.05) is 0 Å². The van der Waals surface area contributed by atoms with Crippen molar-refractivity contribution < 1.29 is 9.47 Å². The molecule has 1 unspecified atom stereocenters. The van der Waals surface area contributed by atoms with Gasteiger partial charge < -0.3 is 9.47 Å². The van der Waals surface area contributed by atoms with Crippen LogP contribution in [0, 0.1) is 0 Å². The van der Waals surface area contributed by atoms with Crippen molar-refractivity contribution in [3.05, 3.63) is 0 Å². The van der Waals surface area contributed by atoms with E-state index in [0.29, 0.717) is 11.4 Å². The molecule has 2 aliphatic heterocycles. The fourth-order valence-electron chi connectivity index (χ4n) is 1.76. The molecular formula is C10H15Br2N3O2. The van der Waals surface area contributed by atoms with Gasteiger partial charge in [-0.05, 0) is 57.5 Å². The highest BCUT2D eigenvalue weighted by molar-refractivity contribution is 9.18. The van der Waals surface area contributed by atoms with Crippen molar-refractivity contribution in [3.63, 3.8) is 0 Å². The zero-order valence-corrected chi connectivity index (χ0v) is 12.6. The molecule has 0 saturated carbocycles. The molecule has 0 radical (unpaired) electrons. The van der Waals surface area contributed by atoms with Gasteiger partial charge in [0.05, 0.1) is 0 Å². The second-order valence-electron chi connectivity index (χ2n) is 4.07. The molecule has 1 saturated heterocycles. The SMILES string of the molecule is BrC1=NC(Br)(CCCO[C@H]2CCCCO2)N=N1. The first-order valence-corrected chi connectivity index (χ1v) is 7.37. The predicted octanol–water partition coefficient (Wildman–Crippen LogP) is 3.58. The summed E-state index contributed by atoms with van der Waals surface area (Å²) in [5.74, 6) is 0. The minimum atomic E-state index is -0.595. The van der Waals surface area contributed by atoms with Crippen molar-refractivity contribution in [1.82, 2.24) is 0 Å². The molecule has 2 atom stereocenters. The Balaban J connectivity index is 1.61. The molecule has 2 aliphatic rings. The molecule has 2 rings (SSSR count). The van der Waals surface area contributed by atoms with Crippen LogP contribution in [-0.4, -0.2) is 28.8 Å². The maximum absolute atomic E-state index is 5.64. The van der Waals surface area contributed by atoms with Crippen LogP contribution < -0.4 is 0 Å². The Morgan fingerprint density at radius 2 is 2.35 bits per heavy atom. The smallest absolute Gasteiger partial charge is 0.228 e. The van der Waals surface area contributed by atoms with Gasteiger partial charge in [0.25, 0.3) is 0 Å². The quantitative estimate of drug-likeness (QED) is 0.423. The van der Waals surface area contributed by atoms with Crippen LogP contribution in [0.25, 0.3) is 0 Å². The summed E-state index contributed by atoms with van der Waals surface area (Å²) in [7, 11) is 0. The molecule has 0 aliphatic carbocycles. The van der Waals surface area contributed by atoms with Crippen molar-refractivity contribution in [2.24, 2.45) is 15.2 Å². The maximum atomic E-state index is 5.64. The first-order chi connectivity index (χ1) is 8.18. The average Bonchev–Trinajstić information content (AvgIpc) is 2.67. The van der Waals surface area contributed by atoms with E-state index in [-0.39, 0.29) is 6.29 Å². The van der Waals surface area contributed by atoms with Crippen LogP contribution in [0.3, 0.4) is 0 Å². The number of azo groups is 1. The van der Waals surface area contributed by atoms with Crippen LogP contribution in [0.5, 0.6) is 0 Å². The van der Waals surface area contributed by atoms with Crippen LogP contribution in [-0.2, 0) is 9.47 Å². The third-order valence-electron chi connectivity index (χ3n) is 2.63. The number of halogens is 2. The van der Waals surface area contributed by atoms with Gasteiger partial charge >= 0.3 is 0 Å². The molecule has 17 heavy (non-hydrogen) atoms. The Hall–Kier alpha value is 0.150. The normalized spacial score (nSPS) is 32.8. The third kappa shape index (κ3) is 4.39. The van der Waals surface area contributed by atoms with E-state index in [1.807, 2.05) is 0 Å². The Labute approximate surface area is 117 Å². The Bertz CT molecular complexity index is 319. The Morgan fingerprint density at radius 1 is 1.47 bits per heavy atom. The Kier molecular flexibility index (Phi) is 5.08. The molecule has 7 heteroatoms. The molecule has 5 nitrogen and oxygen atoms in total. The molecule has 0 bridgehead atoms. The zero-order chi connectivity index (χ0) is 12.1. The molecule has 0 aromatic rings. The number of aliphatic imine (C=N–C) groups is 1. The van der Waals surface area contributed by atoms with Crippen LogP contribution in [0.4, 0.5) is 0 Å². The summed E-state index contributed by atoms with van der Waals surface area (Å²) in [6.07, 6.45) is 4.96. The minimum Gasteiger partial charge on any atom is -0.353 e. The predicted molar refractivity (Wildman–Crippen MR) is 71.7 cm³/mol. The number of hydrogen-bond donors (Lipinski definition) is 0. The Morgan fingerprint density at radius 3 is 3.00 bits per heavy atom. The third-order valence-corrected chi connectivity index (χ3v) is 3.70. The van der Waals surface area contributed by atoms with E-state index in [2.05, 4.69) is 47.1 Å². The highest BCUT2D eigenvalue weighted by Crippen LogP contribution is 2.33. The zero-order valence-electron chi connectivity index (χ0n) is 9.44. The molecule has 0 aromatic heterocycles. The fraction of sp³-hybridized carbons (Fsp3) is 0.900. The number of ether oxygens (including phenoxy) is 2. The number of hydrogen-bond acceptors (Lipinski definition) is 5. The van der Waals surface area contributed by atoms with E-state index in [0.717, 1.165) is 32.3 Å². The van der Waals surface area contributed by atoms with Crippen molar-refractivity contribution in [2.45, 2.75) is 43.0 Å². The molecule has 0 spiro atoms. The maximum Gasteiger partial charge on any atom is 0.228 e. The molecular weight excluding hydrogens is 354 g/mol. The largest absolute Gasteiger partial charge is 0.353 e. The van der Waals surface area contributed by atoms with Gasteiger partial charge in [0, 0.05) is 19.6 Å². The first kappa shape index (κ1) is 13.6. The van der Waals surface area contributed by atoms with Gasteiger partial charge in [-0.25, -0.2) is 4.99 Å². The van der Waals surface area contributed by atoms with E-state index in [1.54, 1.807) is 0 Å². The van der Waals surface area contributed by atoms with Crippen LogP contribution in [0.2, 0.25) is 0 Å². The molecule has 0 N–H and O–H groups in total. The number of amidine groups is 1. The average molecular weight is 369 g/mol. The summed E-state index contributed by atoms with van der Waals surface area (Å²) in [6, 6.07) is 0. The molecule has 96 valence electrons. The van der Waals surface area contributed by atoms with E-state index in [9.17, 15) is 0 Å². The van der Waals surface area contributed by atoms with Crippen LogP contribution in [0.1, 0.15) is 32.1 Å². The van der Waals surface area contributed by atoms with Crippen LogP contribution >= 0.6 is 31.9 Å². The van der Waals surface area contributed by atoms with Crippen molar-refractivity contribution in [3.8, 4) is 0 Å². The molecule has 1 fully saturated rings. The second-order valence-corrected chi connectivity index (χ2v) is 6.05. The van der Waals surface area contributed by atoms with Gasteiger partial charge in [0.15, 0.2) is 6.29 Å². The second kappa shape index (κ2) is 6.36. The first-order valence-electron chi connectivity index (χ1n) is 5.78. The monoisotopic (exact) mass is 367 g/mol. The lowest BCUT2D eigenvalue weighted by atomic mass is 10.2. The van der Waals surface area contributed by atoms with Crippen molar-refractivity contribution in [2.75, 3.05) is 13.2 Å². The minimum absolute atomic E-state index is 0.0181. The van der Waals surface area contributed by atoms with Crippen LogP contribution in [0.15, 0.2) is 15.2 Å². The highest BCUT2D eigenvalue weighted by atomic mass is 79.9. The topological polar surface area (TPSA) is 55.5 Å². The van der Waals surface area contributed by atoms with Gasteiger partial charge in [0.2, 0.25) is 9.32 Å². The van der Waals surface area contributed by atoms with Gasteiger partial charge in [0.1, 0.15) is 0 Å². The molecule has 2 heterocycles. The summed E-state index contributed by atoms with van der Waals surface area (Å²) >= 11 is 6.64. The lowest BCUT2D eigenvalue weighted by molar-refractivity contribution is -0.162. The van der Waals surface area contributed by atoms with Crippen molar-refractivity contribution in [1.29, 1.82) is 0 Å². The fourth-order valence-corrected chi connectivity index (χ4v) is 2.90. The molecule has 0 amide bonds. The van der Waals surface area contributed by atoms with E-state index < -0.39 is 4.57 Å². The number of nitrogens with zero attached hydrogens (tertiary/aromatic N) is 3. The van der Waals surface area contributed by atoms with E-state index in [1.165, 1.54) is 6.42 Å². The van der Waals surface area contributed by atoms with E-state index >= 15 is 0 Å². The van der Waals surface area contributed by atoms with Gasteiger partial charge in [-0.2, -0.15) is 0 Å². The highest BCUT2D eigenvalue weighted by Gasteiger charge is 2.29. The summed E-state index contributed by atoms with van der Waals surface area (Å²) in [4.78, 5) is 4.23. The summed E-state index contributed by atoms with van der Waals surface area (Å²) in [5, 5.41) is 7.87. The van der Waals surface area contributed by atoms with Gasteiger partial charge in [-0.3, -0.25) is 0 Å². The van der Waals surface area contributed by atoms with E-state index in [4.69, 9.17) is 9.47 Å². The summed E-state index contributed by atoms with van der Waals surface area (Å²) < 4.78 is 11.1. The lowest BCUT2D eigenvalue weighted by Crippen LogP contribution is -2.23. The van der Waals surface area contributed by atoms with Gasteiger partial charge in [-0.15, -0.1) is 10.2 Å². The summed E-state index contributed by atoms with van der Waals surface area (Å²) in [6.45, 7) is 1.49. The molecule has 0 aromatic carbocycles. The number of rotatable bonds is 5. The van der Waals surface area contributed by atoms with Crippen molar-refractivity contribution >= 4 is 36.6 Å².